The summed E-state index contributed by atoms with van der Waals surface area (Å²) >= 11 is 0. The fourth-order valence-corrected chi connectivity index (χ4v) is 3.77. The lowest BCUT2D eigenvalue weighted by atomic mass is 9.99. The first kappa shape index (κ1) is 12.1. The van der Waals surface area contributed by atoms with Crippen LogP contribution < -0.4 is 5.32 Å². The monoisotopic (exact) mass is 271 g/mol. The van der Waals surface area contributed by atoms with E-state index >= 15 is 0 Å². The number of hydrogen-bond acceptors (Lipinski definition) is 4. The lowest BCUT2D eigenvalue weighted by Gasteiger charge is -2.32. The number of nitrogens with one attached hydrogen (secondary N) is 1. The minimum Gasteiger partial charge on any atom is -0.366 e. The zero-order valence-electron chi connectivity index (χ0n) is 11.9. The Labute approximate surface area is 119 Å². The van der Waals surface area contributed by atoms with Crippen LogP contribution in [0.5, 0.6) is 0 Å². The molecule has 0 saturated carbocycles. The molecule has 2 unspecified atom stereocenters. The molecule has 20 heavy (non-hydrogen) atoms. The molecule has 2 saturated heterocycles. The summed E-state index contributed by atoms with van der Waals surface area (Å²) in [5.74, 6) is 1.08. The highest BCUT2D eigenvalue weighted by molar-refractivity contribution is 5.52. The van der Waals surface area contributed by atoms with E-state index in [1.165, 1.54) is 44.3 Å². The van der Waals surface area contributed by atoms with E-state index in [-0.39, 0.29) is 0 Å². The molecular weight excluding hydrogens is 250 g/mol. The van der Waals surface area contributed by atoms with E-state index in [0.29, 0.717) is 12.1 Å². The van der Waals surface area contributed by atoms with E-state index in [1.807, 2.05) is 4.52 Å². The third-order valence-corrected chi connectivity index (χ3v) is 4.71. The van der Waals surface area contributed by atoms with Gasteiger partial charge in [0, 0.05) is 18.6 Å². The first-order valence-corrected chi connectivity index (χ1v) is 7.62. The molecule has 1 N–H and O–H groups in total. The summed E-state index contributed by atoms with van der Waals surface area (Å²) in [6, 6.07) is 5.49. The van der Waals surface area contributed by atoms with E-state index < -0.39 is 0 Å². The van der Waals surface area contributed by atoms with Gasteiger partial charge in [0.05, 0.1) is 0 Å². The van der Waals surface area contributed by atoms with Gasteiger partial charge in [-0.1, -0.05) is 6.42 Å². The van der Waals surface area contributed by atoms with Crippen molar-refractivity contribution < 1.29 is 0 Å². The number of rotatable bonds is 2. The van der Waals surface area contributed by atoms with Gasteiger partial charge in [-0.3, -0.25) is 4.90 Å². The van der Waals surface area contributed by atoms with Gasteiger partial charge in [0.2, 0.25) is 0 Å². The van der Waals surface area contributed by atoms with Crippen LogP contribution in [-0.2, 0) is 0 Å². The van der Waals surface area contributed by atoms with E-state index in [2.05, 4.69) is 39.4 Å². The lowest BCUT2D eigenvalue weighted by molar-refractivity contribution is 0.192. The maximum Gasteiger partial charge on any atom is 0.157 e. The zero-order valence-corrected chi connectivity index (χ0v) is 11.9. The fourth-order valence-electron chi connectivity index (χ4n) is 3.77. The topological polar surface area (TPSA) is 45.5 Å². The van der Waals surface area contributed by atoms with Crippen molar-refractivity contribution in [1.29, 1.82) is 0 Å². The number of aromatic nitrogens is 3. The number of piperidine rings is 1. The zero-order chi connectivity index (χ0) is 13.5. The molecule has 2 aliphatic rings. The predicted octanol–water partition coefficient (Wildman–Crippen LogP) is 2.08. The van der Waals surface area contributed by atoms with Crippen LogP contribution in [0.4, 0.5) is 5.82 Å². The summed E-state index contributed by atoms with van der Waals surface area (Å²) in [6.07, 6.45) is 6.91. The van der Waals surface area contributed by atoms with Crippen molar-refractivity contribution in [2.24, 2.45) is 0 Å². The summed E-state index contributed by atoms with van der Waals surface area (Å²) in [4.78, 5) is 6.95. The molecule has 0 aromatic carbocycles. The van der Waals surface area contributed by atoms with E-state index in [0.717, 1.165) is 11.5 Å². The van der Waals surface area contributed by atoms with Gasteiger partial charge in [-0.25, -0.2) is 4.98 Å². The molecule has 2 aromatic rings. The summed E-state index contributed by atoms with van der Waals surface area (Å²) < 4.78 is 1.92. The van der Waals surface area contributed by atoms with Crippen molar-refractivity contribution >= 4 is 11.5 Å². The SMILES string of the molecule is Cc1cc(NC2CCN3CCCCC23)n2ncnc2c1. The minimum atomic E-state index is 0.546. The number of pyridine rings is 1. The van der Waals surface area contributed by atoms with Crippen molar-refractivity contribution in [2.75, 3.05) is 18.4 Å². The number of fused-ring (bicyclic) bond motifs is 2. The number of anilines is 1. The summed E-state index contributed by atoms with van der Waals surface area (Å²) in [5.41, 5.74) is 2.15. The molecule has 0 amide bonds. The molecule has 2 aliphatic heterocycles. The average molecular weight is 271 g/mol. The molecular formula is C15H21N5. The van der Waals surface area contributed by atoms with Gasteiger partial charge >= 0.3 is 0 Å². The van der Waals surface area contributed by atoms with Crippen LogP contribution in [0.2, 0.25) is 0 Å². The molecule has 2 fully saturated rings. The van der Waals surface area contributed by atoms with Crippen LogP contribution >= 0.6 is 0 Å². The molecule has 5 nitrogen and oxygen atoms in total. The second-order valence-corrected chi connectivity index (χ2v) is 6.09. The Bertz CT molecular complexity index is 620. The van der Waals surface area contributed by atoms with Crippen molar-refractivity contribution in [1.82, 2.24) is 19.5 Å². The van der Waals surface area contributed by atoms with Crippen molar-refractivity contribution in [2.45, 2.75) is 44.7 Å². The standard InChI is InChI=1S/C15H21N5/c1-11-8-14-16-10-17-20(14)15(9-11)18-12-5-7-19-6-3-2-4-13(12)19/h8-10,12-13,18H,2-7H2,1H3. The molecule has 0 radical (unpaired) electrons. The van der Waals surface area contributed by atoms with Crippen molar-refractivity contribution in [3.8, 4) is 0 Å². The number of hydrogen-bond donors (Lipinski definition) is 1. The summed E-state index contributed by atoms with van der Waals surface area (Å²) in [5, 5.41) is 8.06. The average Bonchev–Trinajstić information content (AvgIpc) is 3.06. The van der Waals surface area contributed by atoms with Gasteiger partial charge in [-0.05, 0) is 50.4 Å². The Hall–Kier alpha value is -1.62. The Morgan fingerprint density at radius 2 is 2.15 bits per heavy atom. The minimum absolute atomic E-state index is 0.546. The van der Waals surface area contributed by atoms with E-state index in [9.17, 15) is 0 Å². The van der Waals surface area contributed by atoms with Crippen LogP contribution in [0.1, 0.15) is 31.2 Å². The second-order valence-electron chi connectivity index (χ2n) is 6.09. The van der Waals surface area contributed by atoms with Crippen molar-refractivity contribution in [3.05, 3.63) is 24.0 Å². The highest BCUT2D eigenvalue weighted by atomic mass is 15.3. The highest BCUT2D eigenvalue weighted by Gasteiger charge is 2.35. The second kappa shape index (κ2) is 4.74. The van der Waals surface area contributed by atoms with Crippen LogP contribution in [0.15, 0.2) is 18.5 Å². The summed E-state index contributed by atoms with van der Waals surface area (Å²) in [7, 11) is 0. The molecule has 4 rings (SSSR count). The Morgan fingerprint density at radius 3 is 3.10 bits per heavy atom. The van der Waals surface area contributed by atoms with Crippen LogP contribution in [0.25, 0.3) is 5.65 Å². The third kappa shape index (κ3) is 1.97. The maximum absolute atomic E-state index is 4.34. The van der Waals surface area contributed by atoms with Crippen LogP contribution in [0.3, 0.4) is 0 Å². The largest absolute Gasteiger partial charge is 0.366 e. The van der Waals surface area contributed by atoms with Gasteiger partial charge in [-0.15, -0.1) is 0 Å². The molecule has 0 spiro atoms. The first-order chi connectivity index (χ1) is 9.81. The quantitative estimate of drug-likeness (QED) is 0.908. The van der Waals surface area contributed by atoms with E-state index in [1.54, 1.807) is 6.33 Å². The van der Waals surface area contributed by atoms with Gasteiger partial charge in [0.25, 0.3) is 0 Å². The number of nitrogens with zero attached hydrogens (tertiary/aromatic N) is 4. The Balaban J connectivity index is 1.62. The molecule has 0 aliphatic carbocycles. The van der Waals surface area contributed by atoms with Crippen LogP contribution in [0, 0.1) is 6.92 Å². The Kier molecular flexibility index (Phi) is 2.88. The molecule has 0 bridgehead atoms. The van der Waals surface area contributed by atoms with Gasteiger partial charge in [0.1, 0.15) is 12.1 Å². The van der Waals surface area contributed by atoms with E-state index in [4.69, 9.17) is 0 Å². The fraction of sp³-hybridized carbons (Fsp3) is 0.600. The molecule has 5 heteroatoms. The molecule has 2 atom stereocenters. The highest BCUT2D eigenvalue weighted by Crippen LogP contribution is 2.29. The Morgan fingerprint density at radius 1 is 1.20 bits per heavy atom. The smallest absolute Gasteiger partial charge is 0.157 e. The normalized spacial score (nSPS) is 26.9. The van der Waals surface area contributed by atoms with Crippen molar-refractivity contribution in [3.63, 3.8) is 0 Å². The predicted molar refractivity (Wildman–Crippen MR) is 79.0 cm³/mol. The molecule has 4 heterocycles. The molecule has 2 aromatic heterocycles. The number of aryl methyl sites for hydroxylation is 1. The summed E-state index contributed by atoms with van der Waals surface area (Å²) in [6.45, 7) is 4.62. The maximum atomic E-state index is 4.34. The van der Waals surface area contributed by atoms with Gasteiger partial charge in [0.15, 0.2) is 5.65 Å². The van der Waals surface area contributed by atoms with Gasteiger partial charge in [-0.2, -0.15) is 9.61 Å². The van der Waals surface area contributed by atoms with Crippen LogP contribution in [-0.4, -0.2) is 44.7 Å². The molecule has 106 valence electrons. The first-order valence-electron chi connectivity index (χ1n) is 7.62. The lowest BCUT2D eigenvalue weighted by Crippen LogP contribution is -2.42. The van der Waals surface area contributed by atoms with Gasteiger partial charge < -0.3 is 5.32 Å². The third-order valence-electron chi connectivity index (χ3n) is 4.71.